The first-order valence-corrected chi connectivity index (χ1v) is 10.0. The second kappa shape index (κ2) is 11.4. The molecule has 0 aromatic carbocycles. The van der Waals surface area contributed by atoms with Crippen molar-refractivity contribution in [3.05, 3.63) is 22.4 Å². The maximum absolute atomic E-state index is 5.58. The van der Waals surface area contributed by atoms with E-state index in [1.165, 1.54) is 37.2 Å². The number of thiophene rings is 1. The highest BCUT2D eigenvalue weighted by atomic mass is 32.1. The van der Waals surface area contributed by atoms with Crippen molar-refractivity contribution >= 4 is 17.3 Å². The topological polar surface area (TPSA) is 48.9 Å². The molecule has 24 heavy (non-hydrogen) atoms. The summed E-state index contributed by atoms with van der Waals surface area (Å²) in [6.45, 7) is 7.81. The first-order valence-electron chi connectivity index (χ1n) is 9.15. The molecule has 0 amide bonds. The molecule has 1 atom stereocenters. The Hall–Kier alpha value is -1.11. The molecule has 1 saturated heterocycles. The molecule has 1 aliphatic rings. The van der Waals surface area contributed by atoms with Crippen molar-refractivity contribution in [2.45, 2.75) is 38.6 Å². The van der Waals surface area contributed by atoms with Crippen molar-refractivity contribution in [3.63, 3.8) is 0 Å². The zero-order valence-electron chi connectivity index (χ0n) is 15.1. The van der Waals surface area contributed by atoms with Crippen LogP contribution in [-0.4, -0.2) is 57.3 Å². The van der Waals surface area contributed by atoms with E-state index in [9.17, 15) is 0 Å². The van der Waals surface area contributed by atoms with Crippen LogP contribution in [0.3, 0.4) is 0 Å². The lowest BCUT2D eigenvalue weighted by Crippen LogP contribution is -2.43. The van der Waals surface area contributed by atoms with Crippen LogP contribution >= 0.6 is 11.3 Å². The minimum atomic E-state index is 0.437. The fraction of sp³-hybridized carbons (Fsp3) is 0.722. The summed E-state index contributed by atoms with van der Waals surface area (Å²) in [6, 6.07) is 4.82. The Bertz CT molecular complexity index is 458. The molecule has 2 N–H and O–H groups in total. The van der Waals surface area contributed by atoms with Crippen LogP contribution in [0.15, 0.2) is 22.5 Å². The molecule has 2 rings (SSSR count). The number of hydrogen-bond donors (Lipinski definition) is 2. The zero-order valence-corrected chi connectivity index (χ0v) is 15.9. The third-order valence-corrected chi connectivity index (χ3v) is 5.29. The van der Waals surface area contributed by atoms with Gasteiger partial charge < -0.3 is 15.4 Å². The van der Waals surface area contributed by atoms with Gasteiger partial charge in [-0.1, -0.05) is 19.4 Å². The Balaban J connectivity index is 1.75. The smallest absolute Gasteiger partial charge is 0.191 e. The van der Waals surface area contributed by atoms with Crippen molar-refractivity contribution in [3.8, 4) is 0 Å². The number of aliphatic imine (C=N–C) groups is 1. The lowest BCUT2D eigenvalue weighted by molar-refractivity contribution is 0.136. The van der Waals surface area contributed by atoms with Gasteiger partial charge in [-0.05, 0) is 43.8 Å². The van der Waals surface area contributed by atoms with Crippen molar-refractivity contribution in [2.75, 3.05) is 46.4 Å². The molecular formula is C18H32N4OS. The van der Waals surface area contributed by atoms with Crippen LogP contribution in [0.4, 0.5) is 0 Å². The number of unbranched alkanes of at least 4 members (excludes halogenated alkanes) is 1. The third kappa shape index (κ3) is 6.42. The van der Waals surface area contributed by atoms with Gasteiger partial charge in [-0.25, -0.2) is 0 Å². The molecule has 0 aliphatic carbocycles. The molecule has 0 bridgehead atoms. The first-order chi connectivity index (χ1) is 11.8. The average Bonchev–Trinajstić information content (AvgIpc) is 3.30. The second-order valence-electron chi connectivity index (χ2n) is 6.12. The molecule has 0 saturated carbocycles. The Morgan fingerprint density at radius 2 is 2.17 bits per heavy atom. The van der Waals surface area contributed by atoms with Gasteiger partial charge in [-0.3, -0.25) is 9.89 Å². The minimum absolute atomic E-state index is 0.437. The monoisotopic (exact) mass is 352 g/mol. The highest BCUT2D eigenvalue weighted by Crippen LogP contribution is 2.27. The van der Waals surface area contributed by atoms with E-state index >= 15 is 0 Å². The van der Waals surface area contributed by atoms with Gasteiger partial charge in [0.1, 0.15) is 0 Å². The maximum Gasteiger partial charge on any atom is 0.191 e. The normalized spacial score (nSPS) is 17.2. The molecule has 1 unspecified atom stereocenters. The van der Waals surface area contributed by atoms with Gasteiger partial charge in [0.05, 0.1) is 12.6 Å². The van der Waals surface area contributed by atoms with Crippen molar-refractivity contribution in [1.29, 1.82) is 0 Å². The number of nitrogens with one attached hydrogen (secondary N) is 2. The van der Waals surface area contributed by atoms with E-state index in [1.807, 2.05) is 18.4 Å². The Kier molecular flexibility index (Phi) is 9.16. The van der Waals surface area contributed by atoms with Crippen LogP contribution in [0.25, 0.3) is 0 Å². The third-order valence-electron chi connectivity index (χ3n) is 4.32. The van der Waals surface area contributed by atoms with Gasteiger partial charge in [0.25, 0.3) is 0 Å². The molecule has 1 fully saturated rings. The summed E-state index contributed by atoms with van der Waals surface area (Å²) in [7, 11) is 1.82. The van der Waals surface area contributed by atoms with E-state index in [0.717, 1.165) is 38.7 Å². The van der Waals surface area contributed by atoms with Crippen molar-refractivity contribution in [2.24, 2.45) is 4.99 Å². The molecule has 136 valence electrons. The van der Waals surface area contributed by atoms with E-state index in [2.05, 4.69) is 45.0 Å². The fourth-order valence-corrected chi connectivity index (χ4v) is 3.81. The average molecular weight is 353 g/mol. The highest BCUT2D eigenvalue weighted by Gasteiger charge is 2.24. The molecule has 1 aliphatic heterocycles. The van der Waals surface area contributed by atoms with E-state index in [4.69, 9.17) is 4.74 Å². The zero-order chi connectivity index (χ0) is 17.0. The second-order valence-corrected chi connectivity index (χ2v) is 7.10. The van der Waals surface area contributed by atoms with Crippen molar-refractivity contribution in [1.82, 2.24) is 15.5 Å². The van der Waals surface area contributed by atoms with Crippen LogP contribution in [0.1, 0.15) is 43.5 Å². The van der Waals surface area contributed by atoms with Gasteiger partial charge in [0, 0.05) is 31.6 Å². The summed E-state index contributed by atoms with van der Waals surface area (Å²) >= 11 is 1.84. The van der Waals surface area contributed by atoms with E-state index in [0.29, 0.717) is 6.04 Å². The van der Waals surface area contributed by atoms with Gasteiger partial charge >= 0.3 is 0 Å². The number of rotatable bonds is 10. The Morgan fingerprint density at radius 1 is 1.33 bits per heavy atom. The van der Waals surface area contributed by atoms with Crippen LogP contribution in [0.5, 0.6) is 0 Å². The quantitative estimate of drug-likeness (QED) is 0.386. The maximum atomic E-state index is 5.58. The lowest BCUT2D eigenvalue weighted by atomic mass is 10.2. The molecule has 0 radical (unpaired) electrons. The predicted octanol–water partition coefficient (Wildman–Crippen LogP) is 2.87. The van der Waals surface area contributed by atoms with Crippen LogP contribution in [0, 0.1) is 0 Å². The highest BCUT2D eigenvalue weighted by molar-refractivity contribution is 7.10. The summed E-state index contributed by atoms with van der Waals surface area (Å²) in [5.41, 5.74) is 0. The number of nitrogens with zero attached hydrogens (tertiary/aromatic N) is 2. The van der Waals surface area contributed by atoms with E-state index in [-0.39, 0.29) is 0 Å². The summed E-state index contributed by atoms with van der Waals surface area (Å²) in [5, 5.41) is 8.99. The standard InChI is InChI=1S/C18H32N4OS/c1-3-4-12-23-13-9-20-18(19-2)21-15-16(17-8-7-14-24-17)22-10-5-6-11-22/h7-8,14,16H,3-6,9-13,15H2,1-2H3,(H2,19,20,21). The predicted molar refractivity (Wildman–Crippen MR) is 103 cm³/mol. The molecule has 1 aromatic rings. The van der Waals surface area contributed by atoms with Gasteiger partial charge in [-0.15, -0.1) is 11.3 Å². The van der Waals surface area contributed by atoms with Crippen LogP contribution in [0.2, 0.25) is 0 Å². The lowest BCUT2D eigenvalue weighted by Gasteiger charge is -2.27. The molecule has 0 spiro atoms. The SMILES string of the molecule is CCCCOCCNC(=NC)NCC(c1cccs1)N1CCCC1. The van der Waals surface area contributed by atoms with E-state index in [1.54, 1.807) is 0 Å². The molecular weight excluding hydrogens is 320 g/mol. The molecule has 2 heterocycles. The molecule has 1 aromatic heterocycles. The van der Waals surface area contributed by atoms with E-state index < -0.39 is 0 Å². The first kappa shape index (κ1) is 19.2. The summed E-state index contributed by atoms with van der Waals surface area (Å²) < 4.78 is 5.58. The van der Waals surface area contributed by atoms with Crippen LogP contribution in [-0.2, 0) is 4.74 Å². The van der Waals surface area contributed by atoms with Gasteiger partial charge in [-0.2, -0.15) is 0 Å². The van der Waals surface area contributed by atoms with Crippen LogP contribution < -0.4 is 10.6 Å². The largest absolute Gasteiger partial charge is 0.380 e. The summed E-state index contributed by atoms with van der Waals surface area (Å²) in [5.74, 6) is 0.856. The van der Waals surface area contributed by atoms with Gasteiger partial charge in [0.15, 0.2) is 5.96 Å². The summed E-state index contributed by atoms with van der Waals surface area (Å²) in [6.07, 6.45) is 4.93. The fourth-order valence-electron chi connectivity index (χ4n) is 2.95. The Labute approximate surface area is 150 Å². The molecule has 6 heteroatoms. The van der Waals surface area contributed by atoms with Gasteiger partial charge in [0.2, 0.25) is 0 Å². The number of likely N-dealkylation sites (tertiary alicyclic amines) is 1. The minimum Gasteiger partial charge on any atom is -0.380 e. The molecule has 5 nitrogen and oxygen atoms in total. The van der Waals surface area contributed by atoms with Crippen molar-refractivity contribution < 1.29 is 4.74 Å². The number of ether oxygens (including phenoxy) is 1. The number of hydrogen-bond acceptors (Lipinski definition) is 4. The number of guanidine groups is 1. The Morgan fingerprint density at radius 3 is 2.83 bits per heavy atom. The summed E-state index contributed by atoms with van der Waals surface area (Å²) in [4.78, 5) is 8.34.